The van der Waals surface area contributed by atoms with E-state index < -0.39 is 0 Å². The first-order valence-electron chi connectivity index (χ1n) is 11.5. The van der Waals surface area contributed by atoms with Crippen LogP contribution in [0.1, 0.15) is 46.8 Å². The van der Waals surface area contributed by atoms with Gasteiger partial charge < -0.3 is 15.0 Å². The van der Waals surface area contributed by atoms with Crippen molar-refractivity contribution in [2.45, 2.75) is 32.2 Å². The molecule has 0 spiro atoms. The van der Waals surface area contributed by atoms with Crippen molar-refractivity contribution in [3.63, 3.8) is 0 Å². The molecule has 1 atom stereocenters. The van der Waals surface area contributed by atoms with Crippen LogP contribution in [0.2, 0.25) is 0 Å². The number of methoxy groups -OCH3 is 1. The molecule has 3 aromatic rings. The molecule has 6 heteroatoms. The Morgan fingerprint density at radius 2 is 1.82 bits per heavy atom. The van der Waals surface area contributed by atoms with Gasteiger partial charge in [0, 0.05) is 12.2 Å². The Labute approximate surface area is 194 Å². The van der Waals surface area contributed by atoms with E-state index >= 15 is 0 Å². The van der Waals surface area contributed by atoms with Crippen molar-refractivity contribution in [1.29, 1.82) is 0 Å². The van der Waals surface area contributed by atoms with Crippen molar-refractivity contribution in [1.82, 2.24) is 15.2 Å². The van der Waals surface area contributed by atoms with E-state index in [0.717, 1.165) is 48.4 Å². The van der Waals surface area contributed by atoms with Crippen molar-refractivity contribution in [2.24, 2.45) is 0 Å². The SMILES string of the molecule is COc1ccc([C@@H](CNC(=O)c2ccc(-c3cccc(C)c3)[nH]c2=O)N2CCCCC2)cc1. The average molecular weight is 446 g/mol. The van der Waals surface area contributed by atoms with E-state index in [1.165, 1.54) is 6.42 Å². The summed E-state index contributed by atoms with van der Waals surface area (Å²) in [6.07, 6.45) is 3.54. The largest absolute Gasteiger partial charge is 0.497 e. The number of aryl methyl sites for hydroxylation is 1. The van der Waals surface area contributed by atoms with Gasteiger partial charge in [-0.1, -0.05) is 42.3 Å². The number of aromatic nitrogens is 1. The molecule has 2 N–H and O–H groups in total. The predicted octanol–water partition coefficient (Wildman–Crippen LogP) is 4.32. The summed E-state index contributed by atoms with van der Waals surface area (Å²) in [5.41, 5.74) is 3.59. The maximum Gasteiger partial charge on any atom is 0.261 e. The van der Waals surface area contributed by atoms with Crippen LogP contribution in [-0.2, 0) is 0 Å². The molecule has 2 heterocycles. The molecule has 1 aromatic heterocycles. The highest BCUT2D eigenvalue weighted by atomic mass is 16.5. The number of nitrogens with one attached hydrogen (secondary N) is 2. The van der Waals surface area contributed by atoms with Crippen LogP contribution in [0.3, 0.4) is 0 Å². The van der Waals surface area contributed by atoms with Gasteiger partial charge in [0.2, 0.25) is 0 Å². The molecule has 0 saturated carbocycles. The third-order valence-electron chi connectivity index (χ3n) is 6.27. The summed E-state index contributed by atoms with van der Waals surface area (Å²) in [6, 6.07) is 19.3. The summed E-state index contributed by atoms with van der Waals surface area (Å²) >= 11 is 0. The molecule has 1 aliphatic rings. The number of carbonyl (C=O) groups is 1. The Morgan fingerprint density at radius 1 is 1.06 bits per heavy atom. The number of nitrogens with zero attached hydrogens (tertiary/aromatic N) is 1. The normalized spacial score (nSPS) is 15.1. The highest BCUT2D eigenvalue weighted by Gasteiger charge is 2.23. The van der Waals surface area contributed by atoms with E-state index in [4.69, 9.17) is 4.74 Å². The van der Waals surface area contributed by atoms with Crippen LogP contribution >= 0.6 is 0 Å². The number of likely N-dealkylation sites (tertiary alicyclic amines) is 1. The number of amides is 1. The number of hydrogen-bond acceptors (Lipinski definition) is 4. The Balaban J connectivity index is 1.50. The van der Waals surface area contributed by atoms with Crippen LogP contribution in [-0.4, -0.2) is 42.5 Å². The summed E-state index contributed by atoms with van der Waals surface area (Å²) in [5.74, 6) is 0.447. The fourth-order valence-electron chi connectivity index (χ4n) is 4.43. The zero-order valence-corrected chi connectivity index (χ0v) is 19.3. The number of rotatable bonds is 7. The van der Waals surface area contributed by atoms with Crippen LogP contribution < -0.4 is 15.6 Å². The van der Waals surface area contributed by atoms with Gasteiger partial charge in [0.25, 0.3) is 11.5 Å². The third kappa shape index (κ3) is 5.52. The van der Waals surface area contributed by atoms with Gasteiger partial charge in [-0.15, -0.1) is 0 Å². The zero-order chi connectivity index (χ0) is 23.2. The summed E-state index contributed by atoms with van der Waals surface area (Å²) in [7, 11) is 1.65. The van der Waals surface area contributed by atoms with E-state index in [0.29, 0.717) is 12.2 Å². The van der Waals surface area contributed by atoms with Gasteiger partial charge in [-0.2, -0.15) is 0 Å². The standard InChI is InChI=1S/C27H31N3O3/c1-19-7-6-8-21(17-19)24-14-13-23(27(32)29-24)26(31)28-18-25(30-15-4-3-5-16-30)20-9-11-22(33-2)12-10-20/h6-14,17,25H,3-5,15-16,18H2,1-2H3,(H,28,31)(H,29,32)/t25-/m1/s1. The van der Waals surface area contributed by atoms with Gasteiger partial charge >= 0.3 is 0 Å². The smallest absolute Gasteiger partial charge is 0.261 e. The lowest BCUT2D eigenvalue weighted by Crippen LogP contribution is -2.41. The molecule has 1 amide bonds. The highest BCUT2D eigenvalue weighted by molar-refractivity contribution is 5.94. The third-order valence-corrected chi connectivity index (χ3v) is 6.27. The molecular formula is C27H31N3O3. The first kappa shape index (κ1) is 22.8. The molecule has 6 nitrogen and oxygen atoms in total. The molecule has 0 radical (unpaired) electrons. The minimum absolute atomic E-state index is 0.0470. The van der Waals surface area contributed by atoms with Gasteiger partial charge in [-0.25, -0.2) is 0 Å². The molecule has 4 rings (SSSR count). The summed E-state index contributed by atoms with van der Waals surface area (Å²) < 4.78 is 5.29. The van der Waals surface area contributed by atoms with E-state index in [1.54, 1.807) is 19.2 Å². The minimum atomic E-state index is -0.384. The van der Waals surface area contributed by atoms with Crippen LogP contribution in [0, 0.1) is 6.92 Å². The lowest BCUT2D eigenvalue weighted by molar-refractivity contribution is 0.0923. The fraction of sp³-hybridized carbons (Fsp3) is 0.333. The van der Waals surface area contributed by atoms with E-state index in [1.807, 2.05) is 55.5 Å². The number of piperidine rings is 1. The predicted molar refractivity (Wildman–Crippen MR) is 131 cm³/mol. The maximum absolute atomic E-state index is 12.9. The van der Waals surface area contributed by atoms with Gasteiger partial charge in [0.1, 0.15) is 11.3 Å². The van der Waals surface area contributed by atoms with Gasteiger partial charge in [0.05, 0.1) is 13.2 Å². The van der Waals surface area contributed by atoms with Gasteiger partial charge in [-0.05, 0) is 74.3 Å². The van der Waals surface area contributed by atoms with E-state index in [9.17, 15) is 9.59 Å². The molecule has 33 heavy (non-hydrogen) atoms. The number of hydrogen-bond donors (Lipinski definition) is 2. The Morgan fingerprint density at radius 3 is 2.48 bits per heavy atom. The molecule has 172 valence electrons. The molecule has 0 bridgehead atoms. The molecular weight excluding hydrogens is 414 g/mol. The molecule has 0 aliphatic carbocycles. The molecule has 1 fully saturated rings. The van der Waals surface area contributed by atoms with Crippen LogP contribution in [0.4, 0.5) is 0 Å². The zero-order valence-electron chi connectivity index (χ0n) is 19.3. The van der Waals surface area contributed by atoms with E-state index in [-0.39, 0.29) is 23.1 Å². The van der Waals surface area contributed by atoms with Crippen LogP contribution in [0.15, 0.2) is 65.5 Å². The lowest BCUT2D eigenvalue weighted by atomic mass is 10.0. The number of aromatic amines is 1. The number of carbonyl (C=O) groups excluding carboxylic acids is 1. The molecule has 1 saturated heterocycles. The first-order chi connectivity index (χ1) is 16.0. The highest BCUT2D eigenvalue weighted by Crippen LogP contribution is 2.26. The topological polar surface area (TPSA) is 74.4 Å². The summed E-state index contributed by atoms with van der Waals surface area (Å²) in [4.78, 5) is 30.9. The summed E-state index contributed by atoms with van der Waals surface area (Å²) in [5, 5.41) is 3.00. The number of pyridine rings is 1. The Kier molecular flexibility index (Phi) is 7.25. The fourth-order valence-corrected chi connectivity index (χ4v) is 4.43. The van der Waals surface area contributed by atoms with Gasteiger partial charge in [-0.3, -0.25) is 14.5 Å². The Bertz CT molecular complexity index is 1150. The first-order valence-corrected chi connectivity index (χ1v) is 11.5. The second-order valence-corrected chi connectivity index (χ2v) is 8.58. The number of H-pyrrole nitrogens is 1. The lowest BCUT2D eigenvalue weighted by Gasteiger charge is -2.35. The van der Waals surface area contributed by atoms with Crippen LogP contribution in [0.5, 0.6) is 5.75 Å². The summed E-state index contributed by atoms with van der Waals surface area (Å²) in [6.45, 7) is 4.44. The second kappa shape index (κ2) is 10.5. The molecule has 1 aliphatic heterocycles. The minimum Gasteiger partial charge on any atom is -0.497 e. The maximum atomic E-state index is 12.9. The number of benzene rings is 2. The molecule has 2 aromatic carbocycles. The van der Waals surface area contributed by atoms with Crippen molar-refractivity contribution >= 4 is 5.91 Å². The van der Waals surface area contributed by atoms with Crippen molar-refractivity contribution in [3.05, 3.63) is 87.7 Å². The molecule has 0 unspecified atom stereocenters. The second-order valence-electron chi connectivity index (χ2n) is 8.58. The van der Waals surface area contributed by atoms with Crippen molar-refractivity contribution < 1.29 is 9.53 Å². The van der Waals surface area contributed by atoms with Gasteiger partial charge in [0.15, 0.2) is 0 Å². The van der Waals surface area contributed by atoms with Crippen molar-refractivity contribution in [2.75, 3.05) is 26.7 Å². The van der Waals surface area contributed by atoms with Crippen LogP contribution in [0.25, 0.3) is 11.3 Å². The number of ether oxygens (including phenoxy) is 1. The Hall–Kier alpha value is -3.38. The quantitative estimate of drug-likeness (QED) is 0.568. The van der Waals surface area contributed by atoms with E-state index in [2.05, 4.69) is 15.2 Å². The average Bonchev–Trinajstić information content (AvgIpc) is 2.85. The van der Waals surface area contributed by atoms with Crippen molar-refractivity contribution in [3.8, 4) is 17.0 Å². The monoisotopic (exact) mass is 445 g/mol.